The van der Waals surface area contributed by atoms with Gasteiger partial charge in [0.2, 0.25) is 5.89 Å². The predicted octanol–water partition coefficient (Wildman–Crippen LogP) is 4.55. The Kier molecular flexibility index (Phi) is 5.49. The summed E-state index contributed by atoms with van der Waals surface area (Å²) in [7, 11) is 1.76. The van der Waals surface area contributed by atoms with Crippen LogP contribution in [-0.4, -0.2) is 18.0 Å². The first-order valence-corrected chi connectivity index (χ1v) is 9.28. The van der Waals surface area contributed by atoms with E-state index >= 15 is 0 Å². The molecule has 0 aliphatic heterocycles. The molecule has 1 atom stereocenters. The van der Waals surface area contributed by atoms with Crippen molar-refractivity contribution in [1.82, 2.24) is 15.6 Å². The molecule has 3 aromatic rings. The molecule has 142 valence electrons. The van der Waals surface area contributed by atoms with Crippen LogP contribution in [0.1, 0.15) is 51.0 Å². The first-order chi connectivity index (χ1) is 12.9. The fraction of sp³-hybridized carbons (Fsp3) is 0.364. The van der Waals surface area contributed by atoms with E-state index in [2.05, 4.69) is 90.8 Å². The van der Waals surface area contributed by atoms with Crippen molar-refractivity contribution in [3.05, 3.63) is 65.9 Å². The van der Waals surface area contributed by atoms with Crippen molar-refractivity contribution in [2.24, 2.45) is 4.99 Å². The van der Waals surface area contributed by atoms with Gasteiger partial charge in [-0.05, 0) is 29.3 Å². The van der Waals surface area contributed by atoms with Gasteiger partial charge in [-0.3, -0.25) is 4.99 Å². The topological polar surface area (TPSA) is 62.5 Å². The third-order valence-corrected chi connectivity index (χ3v) is 4.55. The number of nitrogens with one attached hydrogen (secondary N) is 2. The average molecular weight is 364 g/mol. The standard InChI is InChI=1S/C22H28N4O/c1-15(17-11-10-16-8-6-7-9-18(16)12-17)26-21(23-5)25-14-20-24-13-19(27-20)22(2,3)4/h6-13,15H,14H2,1-5H3,(H2,23,25,26). The molecule has 2 N–H and O–H groups in total. The predicted molar refractivity (Wildman–Crippen MR) is 111 cm³/mol. The second-order valence-corrected chi connectivity index (χ2v) is 7.77. The van der Waals surface area contributed by atoms with Gasteiger partial charge in [0.05, 0.1) is 18.8 Å². The van der Waals surface area contributed by atoms with Crippen molar-refractivity contribution in [2.75, 3.05) is 7.05 Å². The molecular formula is C22H28N4O. The highest BCUT2D eigenvalue weighted by atomic mass is 16.4. The number of nitrogens with zero attached hydrogens (tertiary/aromatic N) is 2. The lowest BCUT2D eigenvalue weighted by Crippen LogP contribution is -2.38. The van der Waals surface area contributed by atoms with Gasteiger partial charge in [-0.15, -0.1) is 0 Å². The van der Waals surface area contributed by atoms with Crippen molar-refractivity contribution < 1.29 is 4.42 Å². The van der Waals surface area contributed by atoms with Crippen LogP contribution in [0, 0.1) is 0 Å². The van der Waals surface area contributed by atoms with Crippen molar-refractivity contribution in [1.29, 1.82) is 0 Å². The van der Waals surface area contributed by atoms with E-state index in [4.69, 9.17) is 4.42 Å². The molecule has 0 bridgehead atoms. The monoisotopic (exact) mass is 364 g/mol. The van der Waals surface area contributed by atoms with E-state index in [-0.39, 0.29) is 11.5 Å². The fourth-order valence-electron chi connectivity index (χ4n) is 2.86. The molecule has 0 saturated carbocycles. The van der Waals surface area contributed by atoms with Gasteiger partial charge < -0.3 is 15.1 Å². The van der Waals surface area contributed by atoms with Crippen LogP contribution in [0.25, 0.3) is 10.8 Å². The first-order valence-electron chi connectivity index (χ1n) is 9.28. The number of fused-ring (bicyclic) bond motifs is 1. The summed E-state index contributed by atoms with van der Waals surface area (Å²) in [6, 6.07) is 15.0. The van der Waals surface area contributed by atoms with E-state index in [1.54, 1.807) is 13.2 Å². The number of aliphatic imine (C=N–C) groups is 1. The molecule has 1 aromatic heterocycles. The summed E-state index contributed by atoms with van der Waals surface area (Å²) in [6.07, 6.45) is 1.80. The lowest BCUT2D eigenvalue weighted by Gasteiger charge is -2.18. The minimum atomic E-state index is -0.0459. The smallest absolute Gasteiger partial charge is 0.213 e. The Labute approximate surface area is 160 Å². The second-order valence-electron chi connectivity index (χ2n) is 7.77. The van der Waals surface area contributed by atoms with Crippen molar-refractivity contribution in [2.45, 2.75) is 45.7 Å². The zero-order valence-electron chi connectivity index (χ0n) is 16.7. The van der Waals surface area contributed by atoms with Gasteiger partial charge in [-0.2, -0.15) is 0 Å². The number of hydrogen-bond donors (Lipinski definition) is 2. The highest BCUT2D eigenvalue weighted by Crippen LogP contribution is 2.23. The number of rotatable bonds is 4. The molecule has 0 aliphatic rings. The van der Waals surface area contributed by atoms with Crippen LogP contribution in [0.2, 0.25) is 0 Å². The maximum atomic E-state index is 5.82. The SMILES string of the molecule is CN=C(NCc1ncc(C(C)(C)C)o1)NC(C)c1ccc2ccccc2c1. The van der Waals surface area contributed by atoms with Crippen LogP contribution in [0.5, 0.6) is 0 Å². The third kappa shape index (κ3) is 4.67. The summed E-state index contributed by atoms with van der Waals surface area (Å²) in [4.78, 5) is 8.66. The van der Waals surface area contributed by atoms with Gasteiger partial charge in [0.25, 0.3) is 0 Å². The summed E-state index contributed by atoms with van der Waals surface area (Å²) in [5.41, 5.74) is 1.17. The van der Waals surface area contributed by atoms with Crippen LogP contribution < -0.4 is 10.6 Å². The van der Waals surface area contributed by atoms with E-state index < -0.39 is 0 Å². The molecule has 3 rings (SSSR count). The summed E-state index contributed by atoms with van der Waals surface area (Å²) >= 11 is 0. The summed E-state index contributed by atoms with van der Waals surface area (Å²) in [6.45, 7) is 8.93. The van der Waals surface area contributed by atoms with Crippen molar-refractivity contribution >= 4 is 16.7 Å². The Bertz CT molecular complexity index is 937. The van der Waals surface area contributed by atoms with E-state index in [1.807, 2.05) is 0 Å². The second kappa shape index (κ2) is 7.82. The van der Waals surface area contributed by atoms with Gasteiger partial charge in [0.15, 0.2) is 5.96 Å². The molecule has 2 aromatic carbocycles. The number of oxazole rings is 1. The minimum absolute atomic E-state index is 0.0459. The Morgan fingerprint density at radius 1 is 1.15 bits per heavy atom. The van der Waals surface area contributed by atoms with Crippen LogP contribution in [0.4, 0.5) is 0 Å². The molecule has 0 amide bonds. The molecule has 5 heteroatoms. The first kappa shape index (κ1) is 19.0. The molecule has 0 aliphatic carbocycles. The highest BCUT2D eigenvalue weighted by molar-refractivity contribution is 5.84. The molecule has 27 heavy (non-hydrogen) atoms. The Morgan fingerprint density at radius 2 is 1.89 bits per heavy atom. The summed E-state index contributed by atoms with van der Waals surface area (Å²) in [5.74, 6) is 2.25. The zero-order valence-corrected chi connectivity index (χ0v) is 16.7. The van der Waals surface area contributed by atoms with Gasteiger partial charge in [0.1, 0.15) is 5.76 Å². The Balaban J connectivity index is 1.63. The van der Waals surface area contributed by atoms with E-state index in [9.17, 15) is 0 Å². The number of hydrogen-bond acceptors (Lipinski definition) is 3. The lowest BCUT2D eigenvalue weighted by atomic mass is 9.94. The van der Waals surface area contributed by atoms with Crippen LogP contribution in [0.3, 0.4) is 0 Å². The molecule has 5 nitrogen and oxygen atoms in total. The number of benzene rings is 2. The fourth-order valence-corrected chi connectivity index (χ4v) is 2.86. The Hall–Kier alpha value is -2.82. The van der Waals surface area contributed by atoms with Crippen LogP contribution >= 0.6 is 0 Å². The maximum absolute atomic E-state index is 5.82. The minimum Gasteiger partial charge on any atom is -0.443 e. The third-order valence-electron chi connectivity index (χ3n) is 4.55. The van der Waals surface area contributed by atoms with Gasteiger partial charge in [-0.25, -0.2) is 4.98 Å². The number of aromatic nitrogens is 1. The molecule has 0 saturated heterocycles. The van der Waals surface area contributed by atoms with Gasteiger partial charge in [-0.1, -0.05) is 57.2 Å². The number of guanidine groups is 1. The Morgan fingerprint density at radius 3 is 2.56 bits per heavy atom. The quantitative estimate of drug-likeness (QED) is 0.526. The molecule has 0 radical (unpaired) electrons. The lowest BCUT2D eigenvalue weighted by molar-refractivity contribution is 0.379. The van der Waals surface area contributed by atoms with Crippen LogP contribution in [0.15, 0.2) is 58.1 Å². The molecule has 1 heterocycles. The molecule has 1 unspecified atom stereocenters. The highest BCUT2D eigenvalue weighted by Gasteiger charge is 2.19. The molecule has 0 fully saturated rings. The van der Waals surface area contributed by atoms with Crippen molar-refractivity contribution in [3.63, 3.8) is 0 Å². The zero-order chi connectivity index (χ0) is 19.4. The van der Waals surface area contributed by atoms with E-state index in [0.717, 1.165) is 5.76 Å². The average Bonchev–Trinajstić information content (AvgIpc) is 3.14. The molecule has 0 spiro atoms. The van der Waals surface area contributed by atoms with Crippen LogP contribution in [-0.2, 0) is 12.0 Å². The largest absolute Gasteiger partial charge is 0.443 e. The maximum Gasteiger partial charge on any atom is 0.213 e. The summed E-state index contributed by atoms with van der Waals surface area (Å²) in [5, 5.41) is 9.18. The van der Waals surface area contributed by atoms with E-state index in [1.165, 1.54) is 16.3 Å². The van der Waals surface area contributed by atoms with Crippen molar-refractivity contribution in [3.8, 4) is 0 Å². The van der Waals surface area contributed by atoms with E-state index in [0.29, 0.717) is 18.4 Å². The normalized spacial score (nSPS) is 13.6. The summed E-state index contributed by atoms with van der Waals surface area (Å²) < 4.78 is 5.82. The van der Waals surface area contributed by atoms with Gasteiger partial charge >= 0.3 is 0 Å². The molecular weight excluding hydrogens is 336 g/mol. The van der Waals surface area contributed by atoms with Gasteiger partial charge in [0, 0.05) is 12.5 Å².